The van der Waals surface area contributed by atoms with Crippen LogP contribution in [0.2, 0.25) is 0 Å². The van der Waals surface area contributed by atoms with Crippen LogP contribution in [0.25, 0.3) is 11.7 Å². The molecule has 1 unspecified atom stereocenters. The number of rotatable bonds is 5. The monoisotopic (exact) mass is 277 g/mol. The van der Waals surface area contributed by atoms with Crippen molar-refractivity contribution in [2.45, 2.75) is 38.3 Å². The van der Waals surface area contributed by atoms with Gasteiger partial charge in [0.1, 0.15) is 0 Å². The van der Waals surface area contributed by atoms with Crippen LogP contribution in [0, 0.1) is 0 Å². The molecule has 20 heavy (non-hydrogen) atoms. The summed E-state index contributed by atoms with van der Waals surface area (Å²) >= 11 is 0. The van der Waals surface area contributed by atoms with Crippen molar-refractivity contribution >= 4 is 0 Å². The van der Waals surface area contributed by atoms with Crippen LogP contribution in [-0.4, -0.2) is 39.4 Å². The van der Waals surface area contributed by atoms with Crippen LogP contribution in [0.15, 0.2) is 27.2 Å². The average molecular weight is 277 g/mol. The molecule has 2 aromatic rings. The standard InChI is InChI=1S/C14H19N3O3/c18-8-6-11-4-1-2-7-17(11)10-13-15-16-14(20-13)12-5-3-9-19-12/h3,5,9,11,18H,1-2,4,6-8,10H2. The molecule has 0 aliphatic carbocycles. The minimum Gasteiger partial charge on any atom is -0.459 e. The fourth-order valence-electron chi connectivity index (χ4n) is 2.74. The molecule has 3 heterocycles. The molecule has 6 nitrogen and oxygen atoms in total. The highest BCUT2D eigenvalue weighted by atomic mass is 16.4. The Morgan fingerprint density at radius 1 is 1.35 bits per heavy atom. The summed E-state index contributed by atoms with van der Waals surface area (Å²) in [6.45, 7) is 1.88. The summed E-state index contributed by atoms with van der Waals surface area (Å²) in [5, 5.41) is 17.2. The van der Waals surface area contributed by atoms with Crippen LogP contribution in [-0.2, 0) is 6.54 Å². The van der Waals surface area contributed by atoms with Crippen molar-refractivity contribution in [3.8, 4) is 11.7 Å². The Morgan fingerprint density at radius 2 is 2.30 bits per heavy atom. The maximum atomic E-state index is 9.14. The number of hydrogen-bond acceptors (Lipinski definition) is 6. The number of nitrogens with zero attached hydrogens (tertiary/aromatic N) is 3. The quantitative estimate of drug-likeness (QED) is 0.901. The smallest absolute Gasteiger partial charge is 0.283 e. The molecule has 0 saturated carbocycles. The molecule has 0 radical (unpaired) electrons. The lowest BCUT2D eigenvalue weighted by Gasteiger charge is -2.34. The van der Waals surface area contributed by atoms with Gasteiger partial charge in [-0.2, -0.15) is 0 Å². The Labute approximate surface area is 117 Å². The van der Waals surface area contributed by atoms with Gasteiger partial charge in [-0.25, -0.2) is 0 Å². The highest BCUT2D eigenvalue weighted by Crippen LogP contribution is 2.23. The second-order valence-electron chi connectivity index (χ2n) is 5.11. The maximum absolute atomic E-state index is 9.14. The number of hydrogen-bond donors (Lipinski definition) is 1. The maximum Gasteiger partial charge on any atom is 0.283 e. The molecule has 108 valence electrons. The number of piperidine rings is 1. The van der Waals surface area contributed by atoms with Crippen molar-refractivity contribution in [1.82, 2.24) is 15.1 Å². The lowest BCUT2D eigenvalue weighted by Crippen LogP contribution is -2.39. The van der Waals surface area contributed by atoms with Gasteiger partial charge >= 0.3 is 0 Å². The third kappa shape index (κ3) is 2.91. The van der Waals surface area contributed by atoms with Crippen molar-refractivity contribution in [3.05, 3.63) is 24.3 Å². The van der Waals surface area contributed by atoms with Gasteiger partial charge in [0, 0.05) is 12.6 Å². The third-order valence-corrected chi connectivity index (χ3v) is 3.75. The van der Waals surface area contributed by atoms with E-state index < -0.39 is 0 Å². The highest BCUT2D eigenvalue weighted by molar-refractivity contribution is 5.42. The van der Waals surface area contributed by atoms with E-state index in [1.54, 1.807) is 18.4 Å². The Hall–Kier alpha value is -1.66. The Bertz CT molecular complexity index is 522. The first-order valence-corrected chi connectivity index (χ1v) is 7.08. The summed E-state index contributed by atoms with van der Waals surface area (Å²) in [5.41, 5.74) is 0. The molecule has 0 spiro atoms. The fourth-order valence-corrected chi connectivity index (χ4v) is 2.74. The van der Waals surface area contributed by atoms with Crippen molar-refractivity contribution in [1.29, 1.82) is 0 Å². The highest BCUT2D eigenvalue weighted by Gasteiger charge is 2.24. The summed E-state index contributed by atoms with van der Waals surface area (Å²) in [6.07, 6.45) is 5.92. The molecule has 1 aliphatic heterocycles. The van der Waals surface area contributed by atoms with Gasteiger partial charge in [0.15, 0.2) is 5.76 Å². The van der Waals surface area contributed by atoms with Crippen molar-refractivity contribution in [2.75, 3.05) is 13.2 Å². The van der Waals surface area contributed by atoms with Gasteiger partial charge in [-0.3, -0.25) is 4.90 Å². The molecule has 0 amide bonds. The summed E-state index contributed by atoms with van der Waals surface area (Å²) in [5.74, 6) is 1.61. The Balaban J connectivity index is 1.67. The lowest BCUT2D eigenvalue weighted by atomic mass is 10.00. The number of aliphatic hydroxyl groups is 1. The molecule has 1 saturated heterocycles. The van der Waals surface area contributed by atoms with E-state index >= 15 is 0 Å². The summed E-state index contributed by atoms with van der Waals surface area (Å²) in [6, 6.07) is 4.00. The largest absolute Gasteiger partial charge is 0.459 e. The van der Waals surface area contributed by atoms with Gasteiger partial charge in [0.2, 0.25) is 5.89 Å². The van der Waals surface area contributed by atoms with E-state index in [9.17, 15) is 0 Å². The minimum atomic E-state index is 0.225. The SMILES string of the molecule is OCCC1CCCCN1Cc1nnc(-c2ccco2)o1. The molecule has 6 heteroatoms. The second kappa shape index (κ2) is 6.19. The Kier molecular flexibility index (Phi) is 4.13. The van der Waals surface area contributed by atoms with E-state index in [-0.39, 0.29) is 6.61 Å². The average Bonchev–Trinajstić information content (AvgIpc) is 3.12. The first kappa shape index (κ1) is 13.3. The van der Waals surface area contributed by atoms with Gasteiger partial charge < -0.3 is 13.9 Å². The van der Waals surface area contributed by atoms with Crippen LogP contribution >= 0.6 is 0 Å². The molecule has 1 atom stereocenters. The fraction of sp³-hybridized carbons (Fsp3) is 0.571. The van der Waals surface area contributed by atoms with Crippen LogP contribution < -0.4 is 0 Å². The zero-order chi connectivity index (χ0) is 13.8. The van der Waals surface area contributed by atoms with Crippen LogP contribution in [0.3, 0.4) is 0 Å². The summed E-state index contributed by atoms with van der Waals surface area (Å²) in [4.78, 5) is 2.32. The van der Waals surface area contributed by atoms with E-state index in [1.807, 2.05) is 0 Å². The van der Waals surface area contributed by atoms with Gasteiger partial charge in [-0.05, 0) is 37.9 Å². The molecule has 3 rings (SSSR count). The van der Waals surface area contributed by atoms with Crippen molar-refractivity contribution in [2.24, 2.45) is 0 Å². The van der Waals surface area contributed by atoms with Gasteiger partial charge in [-0.1, -0.05) is 6.42 Å². The van der Waals surface area contributed by atoms with Gasteiger partial charge in [-0.15, -0.1) is 10.2 Å². The zero-order valence-corrected chi connectivity index (χ0v) is 11.4. The molecular weight excluding hydrogens is 258 g/mol. The molecule has 2 aromatic heterocycles. The van der Waals surface area contributed by atoms with Gasteiger partial charge in [0.25, 0.3) is 5.89 Å². The van der Waals surface area contributed by atoms with Crippen LogP contribution in [0.1, 0.15) is 31.6 Å². The van der Waals surface area contributed by atoms with Crippen molar-refractivity contribution in [3.63, 3.8) is 0 Å². The van der Waals surface area contributed by atoms with E-state index in [2.05, 4.69) is 15.1 Å². The molecule has 1 N–H and O–H groups in total. The van der Waals surface area contributed by atoms with Crippen LogP contribution in [0.5, 0.6) is 0 Å². The minimum absolute atomic E-state index is 0.225. The first-order chi connectivity index (χ1) is 9.86. The van der Waals surface area contributed by atoms with E-state index in [1.165, 1.54) is 12.8 Å². The van der Waals surface area contributed by atoms with E-state index in [4.69, 9.17) is 13.9 Å². The molecule has 0 aromatic carbocycles. The normalized spacial score (nSPS) is 20.4. The third-order valence-electron chi connectivity index (χ3n) is 3.75. The lowest BCUT2D eigenvalue weighted by molar-refractivity contribution is 0.103. The van der Waals surface area contributed by atoms with E-state index in [0.29, 0.717) is 30.1 Å². The van der Waals surface area contributed by atoms with E-state index in [0.717, 1.165) is 19.4 Å². The number of aromatic nitrogens is 2. The predicted molar refractivity (Wildman–Crippen MR) is 71.8 cm³/mol. The molecular formula is C14H19N3O3. The number of aliphatic hydroxyl groups excluding tert-OH is 1. The molecule has 1 aliphatic rings. The molecule has 0 bridgehead atoms. The second-order valence-corrected chi connectivity index (χ2v) is 5.11. The molecule has 1 fully saturated rings. The van der Waals surface area contributed by atoms with Crippen molar-refractivity contribution < 1.29 is 13.9 Å². The topological polar surface area (TPSA) is 75.5 Å². The zero-order valence-electron chi connectivity index (χ0n) is 11.4. The summed E-state index contributed by atoms with van der Waals surface area (Å²) < 4.78 is 10.9. The number of likely N-dealkylation sites (tertiary alicyclic amines) is 1. The Morgan fingerprint density at radius 3 is 3.10 bits per heavy atom. The van der Waals surface area contributed by atoms with Crippen LogP contribution in [0.4, 0.5) is 0 Å². The number of furan rings is 1. The predicted octanol–water partition coefficient (Wildman–Crippen LogP) is 2.07. The summed E-state index contributed by atoms with van der Waals surface area (Å²) in [7, 11) is 0. The van der Waals surface area contributed by atoms with Gasteiger partial charge in [0.05, 0.1) is 12.8 Å². The first-order valence-electron chi connectivity index (χ1n) is 7.08.